The zero-order valence-electron chi connectivity index (χ0n) is 10.3. The van der Waals surface area contributed by atoms with Gasteiger partial charge in [-0.3, -0.25) is 4.79 Å². The number of rotatable bonds is 2. The van der Waals surface area contributed by atoms with Gasteiger partial charge in [0.1, 0.15) is 11.4 Å². The normalized spacial score (nSPS) is 10.4. The minimum absolute atomic E-state index is 0. The minimum atomic E-state index is -0.450. The molecule has 0 bridgehead atoms. The smallest absolute Gasteiger partial charge is 0.310 e. The van der Waals surface area contributed by atoms with Crippen molar-refractivity contribution in [1.82, 2.24) is 0 Å². The van der Waals surface area contributed by atoms with Gasteiger partial charge in [0, 0.05) is 0 Å². The van der Waals surface area contributed by atoms with Crippen molar-refractivity contribution >= 4 is 5.97 Å². The monoisotopic (exact) mass is 223 g/mol. The second-order valence-corrected chi connectivity index (χ2v) is 4.43. The third-order valence-electron chi connectivity index (χ3n) is 1.70. The molecule has 0 unspecified atom stereocenters. The fourth-order valence-electron chi connectivity index (χ4n) is 1.16. The Morgan fingerprint density at radius 2 is 1.75 bits per heavy atom. The van der Waals surface area contributed by atoms with Crippen molar-refractivity contribution in [2.75, 3.05) is 0 Å². The maximum atomic E-state index is 11.4. The highest BCUT2D eigenvalue weighted by atomic mass is 16.6. The van der Waals surface area contributed by atoms with E-state index in [1.54, 1.807) is 24.3 Å². The molecular weight excluding hydrogens is 204 g/mol. The minimum Gasteiger partial charge on any atom is -0.508 e. The number of phenolic OH excluding ortho intramolecular Hbond substituents is 1. The molecule has 0 heterocycles. The number of aromatic hydroxyl groups is 1. The van der Waals surface area contributed by atoms with Gasteiger partial charge >= 0.3 is 5.97 Å². The molecule has 1 aromatic carbocycles. The van der Waals surface area contributed by atoms with Gasteiger partial charge in [-0.15, -0.1) is 0 Å². The lowest BCUT2D eigenvalue weighted by atomic mass is 10.1. The van der Waals surface area contributed by atoms with Crippen LogP contribution in [-0.4, -0.2) is 16.7 Å². The molecule has 3 nitrogen and oxygen atoms in total. The third kappa shape index (κ3) is 5.39. The lowest BCUT2D eigenvalue weighted by molar-refractivity contribution is -0.153. The molecule has 0 aliphatic rings. The van der Waals surface area contributed by atoms with E-state index in [9.17, 15) is 4.79 Å². The molecule has 0 saturated heterocycles. The second kappa shape index (κ2) is 5.54. The van der Waals surface area contributed by atoms with E-state index in [1.807, 2.05) is 20.8 Å². The Bertz CT molecular complexity index is 333. The van der Waals surface area contributed by atoms with E-state index in [2.05, 4.69) is 0 Å². The van der Waals surface area contributed by atoms with Gasteiger partial charge in [-0.25, -0.2) is 0 Å². The average Bonchev–Trinajstić information content (AvgIpc) is 2.05. The van der Waals surface area contributed by atoms with Crippen LogP contribution in [0.1, 0.15) is 26.3 Å². The van der Waals surface area contributed by atoms with Crippen molar-refractivity contribution in [3.63, 3.8) is 0 Å². The molecule has 0 aromatic heterocycles. The van der Waals surface area contributed by atoms with Crippen molar-refractivity contribution in [2.24, 2.45) is 0 Å². The number of carbonyl (C=O) groups is 1. The number of ether oxygens (including phenoxy) is 1. The predicted molar refractivity (Wildman–Crippen MR) is 64.1 cm³/mol. The summed E-state index contributed by atoms with van der Waals surface area (Å²) < 4.78 is 5.17. The van der Waals surface area contributed by atoms with Crippen LogP contribution >= 0.6 is 0 Å². The number of hydrogen-bond donors (Lipinski definition) is 1. The molecule has 90 valence electrons. The molecule has 1 N–H and O–H groups in total. The van der Waals surface area contributed by atoms with Gasteiger partial charge < -0.3 is 17.3 Å². The van der Waals surface area contributed by atoms with Crippen molar-refractivity contribution in [2.45, 2.75) is 32.8 Å². The molecule has 0 aliphatic carbocycles. The summed E-state index contributed by atoms with van der Waals surface area (Å²) in [6, 6.07) is 6.53. The van der Waals surface area contributed by atoms with Crippen LogP contribution in [0.2, 0.25) is 0 Å². The zero-order valence-corrected chi connectivity index (χ0v) is 10.3. The van der Waals surface area contributed by atoms with Crippen molar-refractivity contribution in [3.05, 3.63) is 37.3 Å². The Balaban J connectivity index is 0.00000225. The first-order valence-corrected chi connectivity index (χ1v) is 4.86. The van der Waals surface area contributed by atoms with E-state index in [1.165, 1.54) is 0 Å². The highest BCUT2D eigenvalue weighted by Crippen LogP contribution is 2.13. The second-order valence-electron chi connectivity index (χ2n) is 4.43. The van der Waals surface area contributed by atoms with E-state index in [0.717, 1.165) is 5.56 Å². The zero-order chi connectivity index (χ0) is 11.5. The number of carbonyl (C=O) groups excluding carboxylic acids is 1. The average molecular weight is 223 g/mol. The van der Waals surface area contributed by atoms with Crippen molar-refractivity contribution in [3.8, 4) is 5.75 Å². The number of hydrogen-bond acceptors (Lipinski definition) is 3. The maximum Gasteiger partial charge on any atom is 0.310 e. The van der Waals surface area contributed by atoms with Gasteiger partial charge in [0.15, 0.2) is 0 Å². The Morgan fingerprint density at radius 3 is 2.19 bits per heavy atom. The molecule has 0 atom stereocenters. The molecule has 1 rings (SSSR count). The van der Waals surface area contributed by atoms with Crippen molar-refractivity contribution < 1.29 is 14.6 Å². The molecule has 0 amide bonds. The summed E-state index contributed by atoms with van der Waals surface area (Å²) in [6.07, 6.45) is 0.234. The Labute approximate surface area is 97.1 Å². The molecule has 0 saturated carbocycles. The molecule has 16 heavy (non-hydrogen) atoms. The lowest BCUT2D eigenvalue weighted by Crippen LogP contribution is -2.24. The molecule has 0 aliphatic heterocycles. The van der Waals surface area contributed by atoms with Crippen LogP contribution in [0.25, 0.3) is 0 Å². The summed E-state index contributed by atoms with van der Waals surface area (Å²) in [5.74, 6) is -0.0591. The summed E-state index contributed by atoms with van der Waals surface area (Å²) in [4.78, 5) is 11.4. The summed E-state index contributed by atoms with van der Waals surface area (Å²) >= 11 is 0. The van der Waals surface area contributed by atoms with Crippen LogP contribution in [0.15, 0.2) is 24.3 Å². The first-order chi connectivity index (χ1) is 6.87. The van der Waals surface area contributed by atoms with Crippen LogP contribution < -0.4 is 0 Å². The van der Waals surface area contributed by atoms with Gasteiger partial charge in [0.2, 0.25) is 0 Å². The fourth-order valence-corrected chi connectivity index (χ4v) is 1.16. The van der Waals surface area contributed by atoms with E-state index >= 15 is 0 Å². The van der Waals surface area contributed by atoms with Crippen molar-refractivity contribution in [1.29, 1.82) is 0 Å². The molecule has 1 aromatic rings. The summed E-state index contributed by atoms with van der Waals surface area (Å²) in [5, 5.41) is 9.06. The fraction of sp³-hybridized carbons (Fsp3) is 0.385. The largest absolute Gasteiger partial charge is 0.508 e. The van der Waals surface area contributed by atoms with E-state index in [0.29, 0.717) is 0 Å². The van der Waals surface area contributed by atoms with Gasteiger partial charge in [0.25, 0.3) is 0 Å². The molecule has 3 heteroatoms. The van der Waals surface area contributed by atoms with Crippen LogP contribution in [-0.2, 0) is 16.0 Å². The SMILES string of the molecule is CC(C)(C)OC(=O)Cc1ccc(O)cc1.[CH3-]. The van der Waals surface area contributed by atoms with Crippen LogP contribution in [0.5, 0.6) is 5.75 Å². The Morgan fingerprint density at radius 1 is 1.25 bits per heavy atom. The van der Waals surface area contributed by atoms with Crippen LogP contribution in [0.3, 0.4) is 0 Å². The van der Waals surface area contributed by atoms with E-state index in [4.69, 9.17) is 9.84 Å². The number of benzene rings is 1. The number of esters is 1. The molecule has 0 fully saturated rings. The summed E-state index contributed by atoms with van der Waals surface area (Å²) in [5.41, 5.74) is 0.385. The number of phenols is 1. The van der Waals surface area contributed by atoms with Crippen LogP contribution in [0, 0.1) is 7.43 Å². The van der Waals surface area contributed by atoms with E-state index in [-0.39, 0.29) is 25.6 Å². The molecule has 0 spiro atoms. The quantitative estimate of drug-likeness (QED) is 0.619. The van der Waals surface area contributed by atoms with Gasteiger partial charge in [-0.05, 0) is 38.5 Å². The van der Waals surface area contributed by atoms with Gasteiger partial charge in [-0.2, -0.15) is 0 Å². The third-order valence-corrected chi connectivity index (χ3v) is 1.70. The lowest BCUT2D eigenvalue weighted by Gasteiger charge is -2.19. The molecule has 0 radical (unpaired) electrons. The van der Waals surface area contributed by atoms with Crippen LogP contribution in [0.4, 0.5) is 0 Å². The maximum absolute atomic E-state index is 11.4. The van der Waals surface area contributed by atoms with Gasteiger partial charge in [-0.1, -0.05) is 12.1 Å². The Kier molecular flexibility index (Phi) is 5.02. The molecular formula is C13H19O3-. The highest BCUT2D eigenvalue weighted by molar-refractivity contribution is 5.73. The first kappa shape index (κ1) is 14.5. The predicted octanol–water partition coefficient (Wildman–Crippen LogP) is 2.73. The summed E-state index contributed by atoms with van der Waals surface area (Å²) in [6.45, 7) is 5.51. The Hall–Kier alpha value is -1.51. The summed E-state index contributed by atoms with van der Waals surface area (Å²) in [7, 11) is 0. The highest BCUT2D eigenvalue weighted by Gasteiger charge is 2.16. The van der Waals surface area contributed by atoms with E-state index < -0.39 is 5.60 Å². The van der Waals surface area contributed by atoms with Gasteiger partial charge in [0.05, 0.1) is 6.42 Å². The first-order valence-electron chi connectivity index (χ1n) is 4.86. The topological polar surface area (TPSA) is 46.5 Å². The standard InChI is InChI=1S/C12H16O3.CH3/c1-12(2,3)15-11(14)8-9-4-6-10(13)7-5-9;/h4-7,13H,8H2,1-3H3;1H3/q;-1.